The highest BCUT2D eigenvalue weighted by atomic mass is 32.2. The van der Waals surface area contributed by atoms with Gasteiger partial charge in [-0.25, -0.2) is 4.98 Å². The second-order valence-electron chi connectivity index (χ2n) is 3.51. The number of thiazole rings is 1. The molecule has 0 unspecified atom stereocenters. The van der Waals surface area contributed by atoms with Crippen molar-refractivity contribution in [3.63, 3.8) is 0 Å². The van der Waals surface area contributed by atoms with E-state index in [0.29, 0.717) is 12.2 Å². The van der Waals surface area contributed by atoms with Crippen LogP contribution in [0.1, 0.15) is 17.1 Å². The lowest BCUT2D eigenvalue weighted by atomic mass is 10.4. The quantitative estimate of drug-likeness (QED) is 0.606. The predicted octanol–water partition coefficient (Wildman–Crippen LogP) is 1.36. The first-order valence-corrected chi connectivity index (χ1v) is 7.47. The van der Waals surface area contributed by atoms with Crippen LogP contribution in [0.15, 0.2) is 5.38 Å². The second-order valence-corrected chi connectivity index (χ2v) is 5.68. The van der Waals surface area contributed by atoms with Gasteiger partial charge in [0.25, 0.3) is 0 Å². The largest absolute Gasteiger partial charge is 0.468 e. The minimum atomic E-state index is -0.436. The monoisotopic (exact) mass is 288 g/mol. The number of thioether (sulfide) groups is 1. The van der Waals surface area contributed by atoms with E-state index in [-0.39, 0.29) is 12.5 Å². The molecule has 1 N–H and O–H groups in total. The molecule has 7 heteroatoms. The van der Waals surface area contributed by atoms with Crippen molar-refractivity contribution in [1.29, 1.82) is 0 Å². The van der Waals surface area contributed by atoms with Gasteiger partial charge < -0.3 is 10.1 Å². The van der Waals surface area contributed by atoms with Crippen LogP contribution >= 0.6 is 23.1 Å². The van der Waals surface area contributed by atoms with Crippen molar-refractivity contribution in [2.75, 3.05) is 19.4 Å². The lowest BCUT2D eigenvalue weighted by Gasteiger charge is -2.03. The van der Waals surface area contributed by atoms with Gasteiger partial charge in [0.05, 0.1) is 17.8 Å². The number of aryl methyl sites for hydroxylation is 1. The summed E-state index contributed by atoms with van der Waals surface area (Å²) in [5.74, 6) is 0.953. The number of nitrogens with one attached hydrogen (secondary N) is 1. The summed E-state index contributed by atoms with van der Waals surface area (Å²) < 4.78 is 4.42. The molecule has 1 aromatic heterocycles. The molecule has 0 atom stereocenters. The maximum Gasteiger partial charge on any atom is 0.325 e. The van der Waals surface area contributed by atoms with Crippen LogP contribution in [0.3, 0.4) is 0 Å². The molecule has 0 aliphatic carbocycles. The second kappa shape index (κ2) is 8.10. The van der Waals surface area contributed by atoms with E-state index in [2.05, 4.69) is 15.0 Å². The molecule has 1 aromatic rings. The fourth-order valence-electron chi connectivity index (χ4n) is 1.15. The van der Waals surface area contributed by atoms with Crippen molar-refractivity contribution in [3.8, 4) is 0 Å². The van der Waals surface area contributed by atoms with Gasteiger partial charge >= 0.3 is 5.97 Å². The SMILES string of the molecule is COC(=O)CNC(=O)CCSCc1csc(C)n1. The van der Waals surface area contributed by atoms with E-state index in [4.69, 9.17) is 0 Å². The Balaban J connectivity index is 2.07. The molecule has 0 saturated carbocycles. The Hall–Kier alpha value is -1.08. The molecule has 0 aliphatic heterocycles. The smallest absolute Gasteiger partial charge is 0.325 e. The molecule has 100 valence electrons. The molecular formula is C11H16N2O3S2. The average Bonchev–Trinajstić information content (AvgIpc) is 2.77. The number of aromatic nitrogens is 1. The van der Waals surface area contributed by atoms with Crippen molar-refractivity contribution in [3.05, 3.63) is 16.1 Å². The van der Waals surface area contributed by atoms with Gasteiger partial charge in [0, 0.05) is 23.3 Å². The molecule has 0 aromatic carbocycles. The van der Waals surface area contributed by atoms with Gasteiger partial charge in [-0.2, -0.15) is 11.8 Å². The third-order valence-electron chi connectivity index (χ3n) is 2.05. The molecule has 18 heavy (non-hydrogen) atoms. The summed E-state index contributed by atoms with van der Waals surface area (Å²) in [6, 6.07) is 0. The Morgan fingerprint density at radius 1 is 1.56 bits per heavy atom. The summed E-state index contributed by atoms with van der Waals surface area (Å²) in [5.41, 5.74) is 1.05. The topological polar surface area (TPSA) is 68.3 Å². The molecule has 1 amide bonds. The van der Waals surface area contributed by atoms with Gasteiger partial charge in [-0.05, 0) is 6.92 Å². The van der Waals surface area contributed by atoms with E-state index in [1.807, 2.05) is 12.3 Å². The summed E-state index contributed by atoms with van der Waals surface area (Å²) >= 11 is 3.28. The average molecular weight is 288 g/mol. The number of esters is 1. The Labute approximate surface area is 114 Å². The molecular weight excluding hydrogens is 272 g/mol. The number of amides is 1. The summed E-state index contributed by atoms with van der Waals surface area (Å²) in [6.45, 7) is 1.91. The van der Waals surface area contributed by atoms with E-state index < -0.39 is 5.97 Å². The van der Waals surface area contributed by atoms with Gasteiger partial charge in [0.2, 0.25) is 5.91 Å². The van der Waals surface area contributed by atoms with E-state index in [1.165, 1.54) is 7.11 Å². The Morgan fingerprint density at radius 3 is 2.94 bits per heavy atom. The molecule has 0 spiro atoms. The maximum absolute atomic E-state index is 11.3. The van der Waals surface area contributed by atoms with Gasteiger partial charge in [-0.3, -0.25) is 9.59 Å². The lowest BCUT2D eigenvalue weighted by Crippen LogP contribution is -2.30. The first-order valence-electron chi connectivity index (χ1n) is 5.44. The lowest BCUT2D eigenvalue weighted by molar-refractivity contribution is -0.141. The number of ether oxygens (including phenoxy) is 1. The Kier molecular flexibility index (Phi) is 6.74. The minimum absolute atomic E-state index is 0.0642. The standard InChI is InChI=1S/C11H16N2O3S2/c1-8-13-9(7-18-8)6-17-4-3-10(14)12-5-11(15)16-2/h7H,3-6H2,1-2H3,(H,12,14). The Bertz CT molecular complexity index is 407. The van der Waals surface area contributed by atoms with Gasteiger partial charge in [-0.1, -0.05) is 0 Å². The highest BCUT2D eigenvalue weighted by molar-refractivity contribution is 7.98. The first-order chi connectivity index (χ1) is 8.61. The molecule has 0 aliphatic rings. The number of rotatable bonds is 7. The van der Waals surface area contributed by atoms with Crippen LogP contribution in [0.4, 0.5) is 0 Å². The number of nitrogens with zero attached hydrogens (tertiary/aromatic N) is 1. The summed E-state index contributed by atoms with van der Waals surface area (Å²) in [6.07, 6.45) is 0.394. The summed E-state index contributed by atoms with van der Waals surface area (Å²) in [5, 5.41) is 5.58. The number of hydrogen-bond acceptors (Lipinski definition) is 6. The Morgan fingerprint density at radius 2 is 2.33 bits per heavy atom. The zero-order valence-corrected chi connectivity index (χ0v) is 12.0. The third kappa shape index (κ3) is 6.02. The molecule has 1 heterocycles. The highest BCUT2D eigenvalue weighted by Crippen LogP contribution is 2.15. The van der Waals surface area contributed by atoms with Crippen LogP contribution in [0.2, 0.25) is 0 Å². The van der Waals surface area contributed by atoms with Crippen molar-refractivity contribution < 1.29 is 14.3 Å². The van der Waals surface area contributed by atoms with Crippen molar-refractivity contribution in [2.45, 2.75) is 19.1 Å². The molecule has 0 bridgehead atoms. The third-order valence-corrected chi connectivity index (χ3v) is 3.86. The van der Waals surface area contributed by atoms with E-state index >= 15 is 0 Å². The number of methoxy groups -OCH3 is 1. The molecule has 5 nitrogen and oxygen atoms in total. The van der Waals surface area contributed by atoms with Gasteiger partial charge in [-0.15, -0.1) is 11.3 Å². The van der Waals surface area contributed by atoms with Crippen LogP contribution < -0.4 is 5.32 Å². The highest BCUT2D eigenvalue weighted by Gasteiger charge is 2.05. The molecule has 1 rings (SSSR count). The first kappa shape index (κ1) is 15.0. The van der Waals surface area contributed by atoms with Crippen molar-refractivity contribution in [1.82, 2.24) is 10.3 Å². The van der Waals surface area contributed by atoms with E-state index in [9.17, 15) is 9.59 Å². The van der Waals surface area contributed by atoms with Crippen LogP contribution in [0.5, 0.6) is 0 Å². The number of carbonyl (C=O) groups excluding carboxylic acids is 2. The fraction of sp³-hybridized carbons (Fsp3) is 0.545. The minimum Gasteiger partial charge on any atom is -0.468 e. The van der Waals surface area contributed by atoms with Crippen LogP contribution in [0, 0.1) is 6.92 Å². The number of hydrogen-bond donors (Lipinski definition) is 1. The van der Waals surface area contributed by atoms with Gasteiger partial charge in [0.1, 0.15) is 6.54 Å². The molecule has 0 radical (unpaired) electrons. The summed E-state index contributed by atoms with van der Waals surface area (Å²) in [4.78, 5) is 26.5. The van der Waals surface area contributed by atoms with Crippen LogP contribution in [-0.4, -0.2) is 36.3 Å². The maximum atomic E-state index is 11.3. The normalized spacial score (nSPS) is 10.1. The van der Waals surface area contributed by atoms with E-state index in [1.54, 1.807) is 23.1 Å². The fourth-order valence-corrected chi connectivity index (χ4v) is 2.70. The van der Waals surface area contributed by atoms with E-state index in [0.717, 1.165) is 16.5 Å². The molecule has 0 saturated heterocycles. The van der Waals surface area contributed by atoms with Gasteiger partial charge in [0.15, 0.2) is 0 Å². The molecule has 0 fully saturated rings. The predicted molar refractivity (Wildman–Crippen MR) is 72.7 cm³/mol. The van der Waals surface area contributed by atoms with Crippen molar-refractivity contribution in [2.24, 2.45) is 0 Å². The zero-order valence-electron chi connectivity index (χ0n) is 10.4. The van der Waals surface area contributed by atoms with Crippen LogP contribution in [0.25, 0.3) is 0 Å². The summed E-state index contributed by atoms with van der Waals surface area (Å²) in [7, 11) is 1.29. The number of carbonyl (C=O) groups is 2. The van der Waals surface area contributed by atoms with Crippen molar-refractivity contribution >= 4 is 35.0 Å². The zero-order chi connectivity index (χ0) is 13.4. The van der Waals surface area contributed by atoms with Crippen LogP contribution in [-0.2, 0) is 20.1 Å².